The second-order valence-corrected chi connectivity index (χ2v) is 3.87. The van der Waals surface area contributed by atoms with E-state index in [1.165, 1.54) is 16.8 Å². The third-order valence-electron chi connectivity index (χ3n) is 2.58. The molecule has 0 spiro atoms. The molecule has 0 fully saturated rings. The van der Waals surface area contributed by atoms with Gasteiger partial charge in [0, 0.05) is 19.8 Å². The van der Waals surface area contributed by atoms with Crippen molar-refractivity contribution in [1.29, 1.82) is 0 Å². The van der Waals surface area contributed by atoms with Crippen LogP contribution in [-0.2, 0) is 11.3 Å². The van der Waals surface area contributed by atoms with Crippen LogP contribution in [0.15, 0.2) is 18.2 Å². The fourth-order valence-electron chi connectivity index (χ4n) is 1.92. The van der Waals surface area contributed by atoms with Crippen molar-refractivity contribution in [2.75, 3.05) is 25.6 Å². The molecule has 1 aromatic carbocycles. The molecule has 0 amide bonds. The number of ether oxygens (including phenoxy) is 1. The van der Waals surface area contributed by atoms with Gasteiger partial charge < -0.3 is 15.4 Å². The number of fused-ring (bicyclic) bond motifs is 1. The normalized spacial score (nSPS) is 20.4. The molecule has 0 unspecified atom stereocenters. The Morgan fingerprint density at radius 1 is 1.43 bits per heavy atom. The molecule has 14 heavy (non-hydrogen) atoms. The fraction of sp³-hybridized carbons (Fsp3) is 0.455. The lowest BCUT2D eigenvalue weighted by Gasteiger charge is -2.28. The lowest BCUT2D eigenvalue weighted by Crippen LogP contribution is -2.26. The summed E-state index contributed by atoms with van der Waals surface area (Å²) in [5, 5.41) is 0. The molecule has 1 aliphatic heterocycles. The molecule has 1 aromatic rings. The summed E-state index contributed by atoms with van der Waals surface area (Å²) in [6.07, 6.45) is 0. The van der Waals surface area contributed by atoms with Crippen LogP contribution in [-0.4, -0.2) is 20.7 Å². The monoisotopic (exact) mass is 192 g/mol. The van der Waals surface area contributed by atoms with Gasteiger partial charge in [0.2, 0.25) is 0 Å². The van der Waals surface area contributed by atoms with Gasteiger partial charge in [0.1, 0.15) is 0 Å². The van der Waals surface area contributed by atoms with E-state index in [1.807, 2.05) is 14.1 Å². The molecule has 3 heteroatoms. The Morgan fingerprint density at radius 3 is 2.93 bits per heavy atom. The van der Waals surface area contributed by atoms with Gasteiger partial charge in [0.25, 0.3) is 0 Å². The first-order valence-corrected chi connectivity index (χ1v) is 4.82. The maximum absolute atomic E-state index is 6.03. The average Bonchev–Trinajstić information content (AvgIpc) is 2.17. The second kappa shape index (κ2) is 3.59. The molecule has 76 valence electrons. The van der Waals surface area contributed by atoms with E-state index in [1.54, 1.807) is 0 Å². The molecule has 0 radical (unpaired) electrons. The van der Waals surface area contributed by atoms with Gasteiger partial charge in [-0.2, -0.15) is 0 Å². The Bertz CT molecular complexity index is 336. The number of nitrogens with zero attached hydrogens (tertiary/aromatic N) is 1. The minimum atomic E-state index is 0.0114. The zero-order chi connectivity index (χ0) is 10.1. The molecule has 1 aliphatic rings. The van der Waals surface area contributed by atoms with Crippen LogP contribution in [0.1, 0.15) is 17.2 Å². The Kier molecular flexibility index (Phi) is 2.44. The molecule has 1 heterocycles. The van der Waals surface area contributed by atoms with Gasteiger partial charge in [-0.3, -0.25) is 0 Å². The maximum Gasteiger partial charge on any atom is 0.0721 e. The van der Waals surface area contributed by atoms with Crippen LogP contribution in [0.5, 0.6) is 0 Å². The Balaban J connectivity index is 2.52. The first-order chi connectivity index (χ1) is 6.70. The second-order valence-electron chi connectivity index (χ2n) is 3.87. The van der Waals surface area contributed by atoms with Gasteiger partial charge in [0.15, 0.2) is 0 Å². The van der Waals surface area contributed by atoms with Crippen LogP contribution in [0, 0.1) is 0 Å². The Labute approximate surface area is 84.5 Å². The van der Waals surface area contributed by atoms with E-state index < -0.39 is 0 Å². The quantitative estimate of drug-likeness (QED) is 0.728. The smallest absolute Gasteiger partial charge is 0.0721 e. The standard InChI is InChI=1S/C11H16N2O/c1-13(2)10-5-3-4-8-6-14-7-9(12)11(8)10/h3-5,9H,6-7,12H2,1-2H3/t9-/m0/s1. The van der Waals surface area contributed by atoms with Gasteiger partial charge in [-0.25, -0.2) is 0 Å². The summed E-state index contributed by atoms with van der Waals surface area (Å²) in [5.74, 6) is 0. The van der Waals surface area contributed by atoms with Crippen molar-refractivity contribution >= 4 is 5.69 Å². The summed E-state index contributed by atoms with van der Waals surface area (Å²) in [5.41, 5.74) is 9.70. The largest absolute Gasteiger partial charge is 0.377 e. The Hall–Kier alpha value is -1.06. The highest BCUT2D eigenvalue weighted by molar-refractivity contribution is 5.57. The van der Waals surface area contributed by atoms with Gasteiger partial charge in [-0.15, -0.1) is 0 Å². The third-order valence-corrected chi connectivity index (χ3v) is 2.58. The summed E-state index contributed by atoms with van der Waals surface area (Å²) in [4.78, 5) is 2.10. The lowest BCUT2D eigenvalue weighted by atomic mass is 9.97. The predicted molar refractivity (Wildman–Crippen MR) is 57.4 cm³/mol. The summed E-state index contributed by atoms with van der Waals surface area (Å²) in [7, 11) is 4.08. The zero-order valence-corrected chi connectivity index (χ0v) is 8.66. The zero-order valence-electron chi connectivity index (χ0n) is 8.66. The highest BCUT2D eigenvalue weighted by Gasteiger charge is 2.20. The molecule has 0 bridgehead atoms. The molecule has 0 saturated carbocycles. The maximum atomic E-state index is 6.03. The molecule has 3 nitrogen and oxygen atoms in total. The summed E-state index contributed by atoms with van der Waals surface area (Å²) in [6.45, 7) is 1.31. The van der Waals surface area contributed by atoms with Crippen LogP contribution >= 0.6 is 0 Å². The van der Waals surface area contributed by atoms with Gasteiger partial charge in [-0.05, 0) is 17.2 Å². The summed E-state index contributed by atoms with van der Waals surface area (Å²) in [6, 6.07) is 6.25. The third kappa shape index (κ3) is 1.49. The van der Waals surface area contributed by atoms with Crippen molar-refractivity contribution in [2.45, 2.75) is 12.6 Å². The van der Waals surface area contributed by atoms with E-state index in [0.717, 1.165) is 0 Å². The van der Waals surface area contributed by atoms with Crippen molar-refractivity contribution in [2.24, 2.45) is 5.73 Å². The lowest BCUT2D eigenvalue weighted by molar-refractivity contribution is 0.0926. The predicted octanol–water partition coefficient (Wildman–Crippen LogP) is 1.28. The van der Waals surface area contributed by atoms with Crippen LogP contribution in [0.4, 0.5) is 5.69 Å². The van der Waals surface area contributed by atoms with Crippen LogP contribution < -0.4 is 10.6 Å². The number of nitrogens with two attached hydrogens (primary N) is 1. The van der Waals surface area contributed by atoms with E-state index in [-0.39, 0.29) is 6.04 Å². The van der Waals surface area contributed by atoms with Gasteiger partial charge in [-0.1, -0.05) is 12.1 Å². The van der Waals surface area contributed by atoms with E-state index in [9.17, 15) is 0 Å². The molecular weight excluding hydrogens is 176 g/mol. The van der Waals surface area contributed by atoms with E-state index in [4.69, 9.17) is 10.5 Å². The Morgan fingerprint density at radius 2 is 2.21 bits per heavy atom. The van der Waals surface area contributed by atoms with Crippen LogP contribution in [0.2, 0.25) is 0 Å². The minimum Gasteiger partial charge on any atom is -0.377 e. The summed E-state index contributed by atoms with van der Waals surface area (Å²) < 4.78 is 5.40. The van der Waals surface area contributed by atoms with Crippen molar-refractivity contribution in [3.05, 3.63) is 29.3 Å². The van der Waals surface area contributed by atoms with E-state index in [0.29, 0.717) is 13.2 Å². The molecule has 1 atom stereocenters. The molecule has 0 aliphatic carbocycles. The van der Waals surface area contributed by atoms with Crippen molar-refractivity contribution in [3.8, 4) is 0 Å². The molecule has 0 aromatic heterocycles. The minimum absolute atomic E-state index is 0.0114. The molecule has 2 N–H and O–H groups in total. The first-order valence-electron chi connectivity index (χ1n) is 4.82. The average molecular weight is 192 g/mol. The highest BCUT2D eigenvalue weighted by Crippen LogP contribution is 2.31. The van der Waals surface area contributed by atoms with Crippen molar-refractivity contribution in [1.82, 2.24) is 0 Å². The molecular formula is C11H16N2O. The fourth-order valence-corrected chi connectivity index (χ4v) is 1.92. The van der Waals surface area contributed by atoms with Gasteiger partial charge >= 0.3 is 0 Å². The topological polar surface area (TPSA) is 38.5 Å². The first kappa shape index (κ1) is 9.49. The van der Waals surface area contributed by atoms with Crippen LogP contribution in [0.3, 0.4) is 0 Å². The highest BCUT2D eigenvalue weighted by atomic mass is 16.5. The number of benzene rings is 1. The number of hydrogen-bond acceptors (Lipinski definition) is 3. The molecule has 2 rings (SSSR count). The SMILES string of the molecule is CN(C)c1cccc2c1[C@@H](N)COC2. The van der Waals surface area contributed by atoms with Gasteiger partial charge in [0.05, 0.1) is 19.3 Å². The number of anilines is 1. The van der Waals surface area contributed by atoms with E-state index >= 15 is 0 Å². The van der Waals surface area contributed by atoms with Crippen molar-refractivity contribution in [3.63, 3.8) is 0 Å². The van der Waals surface area contributed by atoms with Crippen molar-refractivity contribution < 1.29 is 4.74 Å². The van der Waals surface area contributed by atoms with Crippen LogP contribution in [0.25, 0.3) is 0 Å². The molecule has 0 saturated heterocycles. The number of hydrogen-bond donors (Lipinski definition) is 1. The summed E-state index contributed by atoms with van der Waals surface area (Å²) >= 11 is 0. The number of rotatable bonds is 1. The van der Waals surface area contributed by atoms with E-state index in [2.05, 4.69) is 23.1 Å².